The monoisotopic (exact) mass is 254 g/mol. The van der Waals surface area contributed by atoms with Gasteiger partial charge in [0.2, 0.25) is 0 Å². The molecule has 18 heavy (non-hydrogen) atoms. The summed E-state index contributed by atoms with van der Waals surface area (Å²) in [6.45, 7) is 5.29. The number of alkyl halides is 1. The molecule has 0 aliphatic heterocycles. The molecule has 4 nitrogen and oxygen atoms in total. The molecule has 0 aliphatic carbocycles. The summed E-state index contributed by atoms with van der Waals surface area (Å²) >= 11 is 0. The van der Waals surface area contributed by atoms with E-state index >= 15 is 0 Å². The molecule has 0 radical (unpaired) electrons. The van der Waals surface area contributed by atoms with Crippen molar-refractivity contribution in [1.29, 1.82) is 0 Å². The third-order valence-corrected chi connectivity index (χ3v) is 2.12. The maximum Gasteiger partial charge on any atom is 0.412 e. The van der Waals surface area contributed by atoms with Gasteiger partial charge in [-0.3, -0.25) is 5.32 Å². The van der Waals surface area contributed by atoms with E-state index in [9.17, 15) is 9.18 Å². The molecule has 0 aliphatic rings. The number of halogens is 1. The van der Waals surface area contributed by atoms with Crippen LogP contribution in [0.15, 0.2) is 24.3 Å². The molecule has 0 saturated heterocycles. The van der Waals surface area contributed by atoms with E-state index in [0.717, 1.165) is 0 Å². The van der Waals surface area contributed by atoms with Crippen molar-refractivity contribution in [1.82, 2.24) is 0 Å². The molecule has 1 aromatic rings. The van der Waals surface area contributed by atoms with Gasteiger partial charge < -0.3 is 10.5 Å². The van der Waals surface area contributed by atoms with Gasteiger partial charge in [0.1, 0.15) is 11.8 Å². The van der Waals surface area contributed by atoms with E-state index in [1.165, 1.54) is 0 Å². The van der Waals surface area contributed by atoms with E-state index in [0.29, 0.717) is 11.3 Å². The van der Waals surface area contributed by atoms with Crippen LogP contribution in [0.3, 0.4) is 0 Å². The normalized spacial score (nSPS) is 12.9. The van der Waals surface area contributed by atoms with Crippen molar-refractivity contribution in [2.75, 3.05) is 11.9 Å². The number of carbonyl (C=O) groups is 1. The van der Waals surface area contributed by atoms with Gasteiger partial charge in [-0.25, -0.2) is 9.18 Å². The third kappa shape index (κ3) is 4.71. The van der Waals surface area contributed by atoms with Crippen LogP contribution in [0.2, 0.25) is 0 Å². The second-order valence-electron chi connectivity index (χ2n) is 4.95. The van der Waals surface area contributed by atoms with Crippen LogP contribution in [-0.2, 0) is 4.74 Å². The SMILES string of the molecule is CC(C)(C)OC(=O)Nc1ccc(C(F)CN)cc1. The number of rotatable bonds is 3. The van der Waals surface area contributed by atoms with Gasteiger partial charge >= 0.3 is 6.09 Å². The first kappa shape index (κ1) is 14.4. The van der Waals surface area contributed by atoms with Gasteiger partial charge in [-0.05, 0) is 38.5 Å². The number of anilines is 1. The minimum atomic E-state index is -1.18. The van der Waals surface area contributed by atoms with E-state index in [1.807, 2.05) is 0 Å². The molecular formula is C13H19FN2O2. The fourth-order valence-corrected chi connectivity index (χ4v) is 1.33. The van der Waals surface area contributed by atoms with E-state index in [4.69, 9.17) is 10.5 Å². The standard InChI is InChI=1S/C13H19FN2O2/c1-13(2,3)18-12(17)16-10-6-4-9(5-7-10)11(14)8-15/h4-7,11H,8,15H2,1-3H3,(H,16,17). The third-order valence-electron chi connectivity index (χ3n) is 2.12. The number of carbonyl (C=O) groups excluding carboxylic acids is 1. The molecule has 100 valence electrons. The number of benzene rings is 1. The Morgan fingerprint density at radius 2 is 1.94 bits per heavy atom. The van der Waals surface area contributed by atoms with Gasteiger partial charge in [0, 0.05) is 12.2 Å². The number of amides is 1. The Kier molecular flexibility index (Phi) is 4.67. The minimum absolute atomic E-state index is 0.0567. The maximum atomic E-state index is 13.2. The van der Waals surface area contributed by atoms with Crippen LogP contribution in [0, 0.1) is 0 Å². The van der Waals surface area contributed by atoms with Gasteiger partial charge in [0.05, 0.1) is 0 Å². The smallest absolute Gasteiger partial charge is 0.412 e. The van der Waals surface area contributed by atoms with Crippen molar-refractivity contribution in [3.8, 4) is 0 Å². The topological polar surface area (TPSA) is 64.3 Å². The molecule has 1 atom stereocenters. The van der Waals surface area contributed by atoms with Crippen molar-refractivity contribution < 1.29 is 13.9 Å². The predicted molar refractivity (Wildman–Crippen MR) is 69.2 cm³/mol. The molecule has 0 saturated carbocycles. The fourth-order valence-electron chi connectivity index (χ4n) is 1.33. The molecule has 1 amide bonds. The van der Waals surface area contributed by atoms with Gasteiger partial charge in [0.15, 0.2) is 0 Å². The molecule has 3 N–H and O–H groups in total. The summed E-state index contributed by atoms with van der Waals surface area (Å²) in [5.41, 5.74) is 5.73. The van der Waals surface area contributed by atoms with Crippen LogP contribution >= 0.6 is 0 Å². The lowest BCUT2D eigenvalue weighted by atomic mass is 10.1. The molecule has 1 unspecified atom stereocenters. The lowest BCUT2D eigenvalue weighted by Crippen LogP contribution is -2.27. The number of ether oxygens (including phenoxy) is 1. The second-order valence-corrected chi connectivity index (χ2v) is 4.95. The van der Waals surface area contributed by atoms with Crippen molar-refractivity contribution in [2.45, 2.75) is 32.5 Å². The molecule has 0 heterocycles. The van der Waals surface area contributed by atoms with Crippen LogP contribution in [0.4, 0.5) is 14.9 Å². The number of nitrogens with two attached hydrogens (primary N) is 1. The van der Waals surface area contributed by atoms with Crippen molar-refractivity contribution in [3.63, 3.8) is 0 Å². The number of hydrogen-bond donors (Lipinski definition) is 2. The number of hydrogen-bond acceptors (Lipinski definition) is 3. The zero-order valence-electron chi connectivity index (χ0n) is 10.9. The Labute approximate surface area is 106 Å². The lowest BCUT2D eigenvalue weighted by Gasteiger charge is -2.19. The van der Waals surface area contributed by atoms with Gasteiger partial charge in [-0.15, -0.1) is 0 Å². The second kappa shape index (κ2) is 5.82. The average Bonchev–Trinajstić information content (AvgIpc) is 2.26. The van der Waals surface area contributed by atoms with Crippen molar-refractivity contribution in [3.05, 3.63) is 29.8 Å². The van der Waals surface area contributed by atoms with Gasteiger partial charge in [-0.2, -0.15) is 0 Å². The highest BCUT2D eigenvalue weighted by Crippen LogP contribution is 2.19. The first-order chi connectivity index (χ1) is 8.31. The van der Waals surface area contributed by atoms with E-state index in [1.54, 1.807) is 45.0 Å². The first-order valence-electron chi connectivity index (χ1n) is 5.76. The van der Waals surface area contributed by atoms with Crippen molar-refractivity contribution >= 4 is 11.8 Å². The van der Waals surface area contributed by atoms with Crippen LogP contribution < -0.4 is 11.1 Å². The van der Waals surface area contributed by atoms with Crippen LogP contribution in [-0.4, -0.2) is 18.2 Å². The summed E-state index contributed by atoms with van der Waals surface area (Å²) < 4.78 is 18.3. The molecule has 1 rings (SSSR count). The minimum Gasteiger partial charge on any atom is -0.444 e. The summed E-state index contributed by atoms with van der Waals surface area (Å²) in [5, 5.41) is 2.57. The average molecular weight is 254 g/mol. The largest absolute Gasteiger partial charge is 0.444 e. The Morgan fingerprint density at radius 3 is 2.39 bits per heavy atom. The number of nitrogens with one attached hydrogen (secondary N) is 1. The van der Waals surface area contributed by atoms with Crippen LogP contribution in [0.5, 0.6) is 0 Å². The quantitative estimate of drug-likeness (QED) is 0.871. The summed E-state index contributed by atoms with van der Waals surface area (Å²) in [7, 11) is 0. The maximum absolute atomic E-state index is 13.2. The summed E-state index contributed by atoms with van der Waals surface area (Å²) in [6.07, 6.45) is -1.72. The lowest BCUT2D eigenvalue weighted by molar-refractivity contribution is 0.0636. The fraction of sp³-hybridized carbons (Fsp3) is 0.462. The molecular weight excluding hydrogens is 235 g/mol. The Bertz CT molecular complexity index is 398. The summed E-state index contributed by atoms with van der Waals surface area (Å²) in [4.78, 5) is 11.5. The highest BCUT2D eigenvalue weighted by Gasteiger charge is 2.16. The zero-order chi connectivity index (χ0) is 13.8. The Balaban J connectivity index is 2.61. The summed E-state index contributed by atoms with van der Waals surface area (Å²) in [6, 6.07) is 6.40. The Hall–Kier alpha value is -1.62. The Morgan fingerprint density at radius 1 is 1.39 bits per heavy atom. The van der Waals surface area contributed by atoms with Gasteiger partial charge in [0.25, 0.3) is 0 Å². The zero-order valence-corrected chi connectivity index (χ0v) is 10.9. The van der Waals surface area contributed by atoms with Gasteiger partial charge in [-0.1, -0.05) is 12.1 Å². The predicted octanol–water partition coefficient (Wildman–Crippen LogP) is 3.00. The molecule has 5 heteroatoms. The van der Waals surface area contributed by atoms with Crippen LogP contribution in [0.1, 0.15) is 32.5 Å². The highest BCUT2D eigenvalue weighted by atomic mass is 19.1. The van der Waals surface area contributed by atoms with E-state index in [-0.39, 0.29) is 6.54 Å². The van der Waals surface area contributed by atoms with Crippen molar-refractivity contribution in [2.24, 2.45) is 5.73 Å². The molecule has 0 bridgehead atoms. The first-order valence-corrected chi connectivity index (χ1v) is 5.76. The molecule has 0 spiro atoms. The van der Waals surface area contributed by atoms with E-state index < -0.39 is 17.9 Å². The highest BCUT2D eigenvalue weighted by molar-refractivity contribution is 5.84. The van der Waals surface area contributed by atoms with E-state index in [2.05, 4.69) is 5.32 Å². The summed E-state index contributed by atoms with van der Waals surface area (Å²) in [5.74, 6) is 0. The van der Waals surface area contributed by atoms with Crippen LogP contribution in [0.25, 0.3) is 0 Å². The molecule has 0 fully saturated rings. The molecule has 0 aromatic heterocycles. The molecule has 1 aromatic carbocycles.